The Morgan fingerprint density at radius 1 is 1.44 bits per heavy atom. The van der Waals surface area contributed by atoms with Gasteiger partial charge >= 0.3 is 0 Å². The minimum Gasteiger partial charge on any atom is -0.335 e. The molecular weight excluding hydrogens is 273 g/mol. The Hall–Kier alpha value is -0.900. The van der Waals surface area contributed by atoms with Gasteiger partial charge in [-0.25, -0.2) is 4.39 Å². The van der Waals surface area contributed by atoms with Gasteiger partial charge in [-0.1, -0.05) is 15.9 Å². The molecule has 0 aliphatic carbocycles. The van der Waals surface area contributed by atoms with Gasteiger partial charge in [-0.2, -0.15) is 0 Å². The summed E-state index contributed by atoms with van der Waals surface area (Å²) in [6.45, 7) is 2.24. The molecule has 1 aliphatic rings. The first-order chi connectivity index (χ1) is 7.48. The molecule has 2 nitrogen and oxygen atoms in total. The lowest BCUT2D eigenvalue weighted by Crippen LogP contribution is -2.31. The van der Waals surface area contributed by atoms with Gasteiger partial charge in [0.15, 0.2) is 0 Å². The molecule has 1 saturated heterocycles. The molecule has 1 fully saturated rings. The lowest BCUT2D eigenvalue weighted by atomic mass is 10.1. The van der Waals surface area contributed by atoms with E-state index in [4.69, 9.17) is 0 Å². The fraction of sp³-hybridized carbons (Fsp3) is 0.417. The van der Waals surface area contributed by atoms with Crippen LogP contribution in [0.2, 0.25) is 0 Å². The molecular formula is C12H13BrFNO. The molecule has 1 aromatic carbocycles. The van der Waals surface area contributed by atoms with Crippen LogP contribution in [-0.2, 0) is 0 Å². The highest BCUT2D eigenvalue weighted by Gasteiger charge is 2.36. The van der Waals surface area contributed by atoms with Crippen LogP contribution in [0.15, 0.2) is 28.7 Å². The lowest BCUT2D eigenvalue weighted by Gasteiger charge is -2.17. The van der Waals surface area contributed by atoms with Crippen LogP contribution in [0.5, 0.6) is 0 Å². The predicted molar refractivity (Wildman–Crippen MR) is 64.2 cm³/mol. The third-order valence-electron chi connectivity index (χ3n) is 2.80. The standard InChI is InChI=1S/C12H13BrFNO/c1-12(14)6-7-15(8-12)11(16)9-2-4-10(13)5-3-9/h2-5H,6-8H2,1H3. The molecule has 1 heterocycles. The number of benzene rings is 1. The van der Waals surface area contributed by atoms with Gasteiger partial charge in [-0.05, 0) is 31.2 Å². The average molecular weight is 286 g/mol. The van der Waals surface area contributed by atoms with Crippen molar-refractivity contribution >= 4 is 21.8 Å². The van der Waals surface area contributed by atoms with Crippen molar-refractivity contribution in [2.45, 2.75) is 19.0 Å². The smallest absolute Gasteiger partial charge is 0.253 e. The van der Waals surface area contributed by atoms with Gasteiger partial charge in [-0.3, -0.25) is 4.79 Å². The molecule has 0 aromatic heterocycles. The maximum absolute atomic E-state index is 13.6. The Morgan fingerprint density at radius 3 is 2.56 bits per heavy atom. The fourth-order valence-electron chi connectivity index (χ4n) is 1.87. The fourth-order valence-corrected chi connectivity index (χ4v) is 2.14. The normalized spacial score (nSPS) is 24.8. The highest BCUT2D eigenvalue weighted by molar-refractivity contribution is 9.10. The van der Waals surface area contributed by atoms with E-state index >= 15 is 0 Å². The van der Waals surface area contributed by atoms with E-state index in [0.717, 1.165) is 4.47 Å². The van der Waals surface area contributed by atoms with Gasteiger partial charge in [0.05, 0.1) is 6.54 Å². The SMILES string of the molecule is CC1(F)CCN(C(=O)c2ccc(Br)cc2)C1. The summed E-state index contributed by atoms with van der Waals surface area (Å²) in [6.07, 6.45) is 0.426. The number of carbonyl (C=O) groups excluding carboxylic acids is 1. The Balaban J connectivity index is 2.12. The number of rotatable bonds is 1. The molecule has 1 aliphatic heterocycles. The molecule has 16 heavy (non-hydrogen) atoms. The largest absolute Gasteiger partial charge is 0.335 e. The Bertz CT molecular complexity index is 402. The van der Waals surface area contributed by atoms with Crippen molar-refractivity contribution in [2.75, 3.05) is 13.1 Å². The van der Waals surface area contributed by atoms with Crippen molar-refractivity contribution in [1.82, 2.24) is 4.90 Å². The summed E-state index contributed by atoms with van der Waals surface area (Å²) >= 11 is 3.31. The summed E-state index contributed by atoms with van der Waals surface area (Å²) in [7, 11) is 0. The Labute approximate surface area is 103 Å². The number of likely N-dealkylation sites (tertiary alicyclic amines) is 1. The molecule has 0 bridgehead atoms. The highest BCUT2D eigenvalue weighted by Crippen LogP contribution is 2.26. The molecule has 0 saturated carbocycles. The van der Waals surface area contributed by atoms with E-state index in [0.29, 0.717) is 18.5 Å². The van der Waals surface area contributed by atoms with Crippen LogP contribution >= 0.6 is 15.9 Å². The summed E-state index contributed by atoms with van der Waals surface area (Å²) in [6, 6.07) is 7.14. The molecule has 0 N–H and O–H groups in total. The topological polar surface area (TPSA) is 20.3 Å². The van der Waals surface area contributed by atoms with E-state index in [-0.39, 0.29) is 12.5 Å². The summed E-state index contributed by atoms with van der Waals surface area (Å²) in [5, 5.41) is 0. The lowest BCUT2D eigenvalue weighted by molar-refractivity contribution is 0.0760. The summed E-state index contributed by atoms with van der Waals surface area (Å²) in [5.74, 6) is -0.0890. The first-order valence-electron chi connectivity index (χ1n) is 5.22. The van der Waals surface area contributed by atoms with Crippen molar-refractivity contribution in [3.8, 4) is 0 Å². The van der Waals surface area contributed by atoms with Gasteiger partial charge in [0.2, 0.25) is 0 Å². The first kappa shape index (κ1) is 11.6. The van der Waals surface area contributed by atoms with Crippen molar-refractivity contribution in [3.05, 3.63) is 34.3 Å². The van der Waals surface area contributed by atoms with Gasteiger partial charge in [-0.15, -0.1) is 0 Å². The van der Waals surface area contributed by atoms with Gasteiger partial charge in [0.25, 0.3) is 5.91 Å². The molecule has 1 aromatic rings. The number of nitrogens with zero attached hydrogens (tertiary/aromatic N) is 1. The minimum atomic E-state index is -1.23. The van der Waals surface area contributed by atoms with E-state index in [1.807, 2.05) is 12.1 Å². The Morgan fingerprint density at radius 2 is 2.06 bits per heavy atom. The number of amides is 1. The Kier molecular flexibility index (Phi) is 3.02. The number of hydrogen-bond acceptors (Lipinski definition) is 1. The predicted octanol–water partition coefficient (Wildman–Crippen LogP) is 3.02. The van der Waals surface area contributed by atoms with E-state index in [9.17, 15) is 9.18 Å². The molecule has 1 amide bonds. The monoisotopic (exact) mass is 285 g/mol. The van der Waals surface area contributed by atoms with E-state index in [2.05, 4.69) is 15.9 Å². The summed E-state index contributed by atoms with van der Waals surface area (Å²) in [4.78, 5) is 13.6. The molecule has 2 rings (SSSR count). The molecule has 1 atom stereocenters. The molecule has 0 radical (unpaired) electrons. The van der Waals surface area contributed by atoms with Gasteiger partial charge in [0.1, 0.15) is 5.67 Å². The van der Waals surface area contributed by atoms with Crippen molar-refractivity contribution in [1.29, 1.82) is 0 Å². The number of hydrogen-bond donors (Lipinski definition) is 0. The van der Waals surface area contributed by atoms with Crippen LogP contribution < -0.4 is 0 Å². The second-order valence-corrected chi connectivity index (χ2v) is 5.31. The summed E-state index contributed by atoms with van der Waals surface area (Å²) in [5.41, 5.74) is -0.619. The number of halogens is 2. The van der Waals surface area contributed by atoms with Crippen molar-refractivity contribution in [3.63, 3.8) is 0 Å². The van der Waals surface area contributed by atoms with Crippen LogP contribution in [-0.4, -0.2) is 29.6 Å². The zero-order chi connectivity index (χ0) is 11.8. The van der Waals surface area contributed by atoms with E-state index in [1.165, 1.54) is 0 Å². The zero-order valence-electron chi connectivity index (χ0n) is 9.04. The molecule has 4 heteroatoms. The molecule has 86 valence electrons. The van der Waals surface area contributed by atoms with Gasteiger partial charge < -0.3 is 4.90 Å². The van der Waals surface area contributed by atoms with Gasteiger partial charge in [0, 0.05) is 23.0 Å². The third kappa shape index (κ3) is 2.43. The minimum absolute atomic E-state index is 0.0890. The average Bonchev–Trinajstić information content (AvgIpc) is 2.59. The zero-order valence-corrected chi connectivity index (χ0v) is 10.6. The van der Waals surface area contributed by atoms with Crippen LogP contribution in [0.25, 0.3) is 0 Å². The van der Waals surface area contributed by atoms with Crippen molar-refractivity contribution in [2.24, 2.45) is 0 Å². The van der Waals surface area contributed by atoms with Crippen LogP contribution in [0.3, 0.4) is 0 Å². The second-order valence-electron chi connectivity index (χ2n) is 4.40. The molecule has 1 unspecified atom stereocenters. The first-order valence-corrected chi connectivity index (χ1v) is 6.01. The van der Waals surface area contributed by atoms with Crippen LogP contribution in [0.1, 0.15) is 23.7 Å². The van der Waals surface area contributed by atoms with Crippen LogP contribution in [0.4, 0.5) is 4.39 Å². The van der Waals surface area contributed by atoms with E-state index in [1.54, 1.807) is 24.0 Å². The van der Waals surface area contributed by atoms with Crippen molar-refractivity contribution < 1.29 is 9.18 Å². The maximum Gasteiger partial charge on any atom is 0.253 e. The van der Waals surface area contributed by atoms with Crippen LogP contribution in [0, 0.1) is 0 Å². The number of alkyl halides is 1. The summed E-state index contributed by atoms with van der Waals surface area (Å²) < 4.78 is 14.5. The maximum atomic E-state index is 13.6. The quantitative estimate of drug-likeness (QED) is 0.777. The van der Waals surface area contributed by atoms with E-state index < -0.39 is 5.67 Å². The third-order valence-corrected chi connectivity index (χ3v) is 3.33. The highest BCUT2D eigenvalue weighted by atomic mass is 79.9. The number of carbonyl (C=O) groups is 1. The molecule has 0 spiro atoms. The second kappa shape index (κ2) is 4.17.